The van der Waals surface area contributed by atoms with E-state index < -0.39 is 0 Å². The number of nitrogens with zero attached hydrogens (tertiary/aromatic N) is 4. The molecular weight excluding hydrogens is 166 g/mol. The van der Waals surface area contributed by atoms with Crippen molar-refractivity contribution in [1.82, 2.24) is 19.7 Å². The Bertz CT molecular complexity index is 431. The minimum atomic E-state index is 0.284. The zero-order valence-electron chi connectivity index (χ0n) is 7.60. The van der Waals surface area contributed by atoms with Gasteiger partial charge in [-0.25, -0.2) is 9.67 Å². The van der Waals surface area contributed by atoms with Crippen LogP contribution in [-0.4, -0.2) is 19.7 Å². The lowest BCUT2D eigenvalue weighted by Gasteiger charge is -2.05. The molecular formula is C8H11N5. The molecule has 2 heterocycles. The van der Waals surface area contributed by atoms with Gasteiger partial charge in [-0.2, -0.15) is 10.1 Å². The van der Waals surface area contributed by atoms with E-state index in [1.165, 1.54) is 0 Å². The normalized spacial score (nSPS) is 11.3. The van der Waals surface area contributed by atoms with Crippen molar-refractivity contribution in [3.8, 4) is 0 Å². The Morgan fingerprint density at radius 2 is 2.15 bits per heavy atom. The lowest BCUT2D eigenvalue weighted by atomic mass is 10.4. The Morgan fingerprint density at radius 3 is 2.85 bits per heavy atom. The molecule has 2 rings (SSSR count). The molecule has 5 heteroatoms. The van der Waals surface area contributed by atoms with E-state index in [9.17, 15) is 0 Å². The highest BCUT2D eigenvalue weighted by atomic mass is 15.3. The molecule has 0 unspecified atom stereocenters. The zero-order chi connectivity index (χ0) is 9.42. The maximum atomic E-state index is 5.49. The topological polar surface area (TPSA) is 69.6 Å². The summed E-state index contributed by atoms with van der Waals surface area (Å²) in [6, 6.07) is 0.284. The van der Waals surface area contributed by atoms with E-state index in [2.05, 4.69) is 15.1 Å². The SMILES string of the molecule is CC(C)n1ncc2cnc(N)nc21. The first kappa shape index (κ1) is 7.97. The van der Waals surface area contributed by atoms with E-state index in [0.717, 1.165) is 11.0 Å². The molecule has 0 fully saturated rings. The van der Waals surface area contributed by atoms with Gasteiger partial charge >= 0.3 is 0 Å². The molecule has 0 bridgehead atoms. The predicted molar refractivity (Wildman–Crippen MR) is 50.1 cm³/mol. The fourth-order valence-corrected chi connectivity index (χ4v) is 1.23. The third kappa shape index (κ3) is 1.22. The largest absolute Gasteiger partial charge is 0.368 e. The predicted octanol–water partition coefficient (Wildman–Crippen LogP) is 0.989. The number of anilines is 1. The van der Waals surface area contributed by atoms with Crippen molar-refractivity contribution in [1.29, 1.82) is 0 Å². The Balaban J connectivity index is 2.71. The lowest BCUT2D eigenvalue weighted by Crippen LogP contribution is -2.04. The first-order chi connectivity index (χ1) is 6.18. The summed E-state index contributed by atoms with van der Waals surface area (Å²) in [7, 11) is 0. The molecule has 0 amide bonds. The van der Waals surface area contributed by atoms with Gasteiger partial charge in [0.1, 0.15) is 0 Å². The van der Waals surface area contributed by atoms with Crippen molar-refractivity contribution in [2.45, 2.75) is 19.9 Å². The van der Waals surface area contributed by atoms with Gasteiger partial charge in [0.25, 0.3) is 0 Å². The highest BCUT2D eigenvalue weighted by molar-refractivity contribution is 5.74. The number of hydrogen-bond donors (Lipinski definition) is 1. The number of nitrogens with two attached hydrogens (primary N) is 1. The molecule has 0 saturated carbocycles. The van der Waals surface area contributed by atoms with Gasteiger partial charge in [-0.15, -0.1) is 0 Å². The number of aromatic nitrogens is 4. The molecule has 2 N–H and O–H groups in total. The molecule has 0 aromatic carbocycles. The second kappa shape index (κ2) is 2.69. The summed E-state index contributed by atoms with van der Waals surface area (Å²) < 4.78 is 1.83. The van der Waals surface area contributed by atoms with E-state index in [0.29, 0.717) is 0 Å². The van der Waals surface area contributed by atoms with E-state index in [1.807, 2.05) is 18.5 Å². The second-order valence-electron chi connectivity index (χ2n) is 3.19. The van der Waals surface area contributed by atoms with Crippen LogP contribution in [0.15, 0.2) is 12.4 Å². The first-order valence-corrected chi connectivity index (χ1v) is 4.14. The van der Waals surface area contributed by atoms with Gasteiger partial charge in [-0.05, 0) is 13.8 Å². The summed E-state index contributed by atoms with van der Waals surface area (Å²) in [5.74, 6) is 0.287. The summed E-state index contributed by atoms with van der Waals surface area (Å²) >= 11 is 0. The highest BCUT2D eigenvalue weighted by Gasteiger charge is 2.07. The van der Waals surface area contributed by atoms with Crippen LogP contribution >= 0.6 is 0 Å². The minimum Gasteiger partial charge on any atom is -0.368 e. The summed E-state index contributed by atoms with van der Waals surface area (Å²) in [5, 5.41) is 5.11. The molecule has 68 valence electrons. The van der Waals surface area contributed by atoms with Crippen molar-refractivity contribution < 1.29 is 0 Å². The molecule has 0 aliphatic rings. The van der Waals surface area contributed by atoms with Crippen molar-refractivity contribution in [3.63, 3.8) is 0 Å². The Kier molecular flexibility index (Phi) is 1.65. The molecule has 5 nitrogen and oxygen atoms in total. The molecule has 13 heavy (non-hydrogen) atoms. The van der Waals surface area contributed by atoms with Crippen LogP contribution in [0.5, 0.6) is 0 Å². The molecule has 2 aromatic rings. The van der Waals surface area contributed by atoms with Gasteiger partial charge in [-0.1, -0.05) is 0 Å². The Morgan fingerprint density at radius 1 is 1.38 bits per heavy atom. The summed E-state index contributed by atoms with van der Waals surface area (Å²) in [6.07, 6.45) is 3.43. The van der Waals surface area contributed by atoms with Crippen LogP contribution in [0.3, 0.4) is 0 Å². The van der Waals surface area contributed by atoms with Crippen LogP contribution in [0.2, 0.25) is 0 Å². The van der Waals surface area contributed by atoms with Crippen LogP contribution < -0.4 is 5.73 Å². The van der Waals surface area contributed by atoms with Gasteiger partial charge in [0, 0.05) is 12.2 Å². The van der Waals surface area contributed by atoms with E-state index in [4.69, 9.17) is 5.73 Å². The summed E-state index contributed by atoms with van der Waals surface area (Å²) in [5.41, 5.74) is 6.28. The van der Waals surface area contributed by atoms with Crippen molar-refractivity contribution in [2.75, 3.05) is 5.73 Å². The van der Waals surface area contributed by atoms with Gasteiger partial charge in [0.05, 0.1) is 11.6 Å². The van der Waals surface area contributed by atoms with Gasteiger partial charge in [-0.3, -0.25) is 0 Å². The minimum absolute atomic E-state index is 0.284. The maximum Gasteiger partial charge on any atom is 0.222 e. The monoisotopic (exact) mass is 177 g/mol. The van der Waals surface area contributed by atoms with Crippen LogP contribution in [0.25, 0.3) is 11.0 Å². The fraction of sp³-hybridized carbons (Fsp3) is 0.375. The highest BCUT2D eigenvalue weighted by Crippen LogP contribution is 2.14. The third-order valence-corrected chi connectivity index (χ3v) is 1.84. The van der Waals surface area contributed by atoms with E-state index in [-0.39, 0.29) is 12.0 Å². The lowest BCUT2D eigenvalue weighted by molar-refractivity contribution is 0.546. The molecule has 0 radical (unpaired) electrons. The van der Waals surface area contributed by atoms with Crippen LogP contribution in [-0.2, 0) is 0 Å². The summed E-state index contributed by atoms with van der Waals surface area (Å²) in [4.78, 5) is 8.02. The summed E-state index contributed by atoms with van der Waals surface area (Å²) in [6.45, 7) is 4.09. The average molecular weight is 177 g/mol. The Hall–Kier alpha value is -1.65. The Labute approximate surface area is 75.6 Å². The van der Waals surface area contributed by atoms with Crippen LogP contribution in [0, 0.1) is 0 Å². The van der Waals surface area contributed by atoms with Crippen molar-refractivity contribution in [3.05, 3.63) is 12.4 Å². The molecule has 0 spiro atoms. The van der Waals surface area contributed by atoms with Crippen LogP contribution in [0.4, 0.5) is 5.95 Å². The molecule has 0 atom stereocenters. The van der Waals surface area contributed by atoms with Crippen molar-refractivity contribution >= 4 is 17.0 Å². The van der Waals surface area contributed by atoms with Crippen LogP contribution in [0.1, 0.15) is 19.9 Å². The number of hydrogen-bond acceptors (Lipinski definition) is 4. The van der Waals surface area contributed by atoms with E-state index in [1.54, 1.807) is 12.4 Å². The first-order valence-electron chi connectivity index (χ1n) is 4.14. The molecule has 0 aliphatic heterocycles. The van der Waals surface area contributed by atoms with E-state index >= 15 is 0 Å². The molecule has 0 saturated heterocycles. The smallest absolute Gasteiger partial charge is 0.222 e. The fourth-order valence-electron chi connectivity index (χ4n) is 1.23. The van der Waals surface area contributed by atoms with Gasteiger partial charge in [0.2, 0.25) is 5.95 Å². The average Bonchev–Trinajstić information content (AvgIpc) is 2.46. The molecule has 0 aliphatic carbocycles. The van der Waals surface area contributed by atoms with Gasteiger partial charge in [0.15, 0.2) is 5.65 Å². The molecule has 2 aromatic heterocycles. The number of nitrogen functional groups attached to an aromatic ring is 1. The van der Waals surface area contributed by atoms with Crippen molar-refractivity contribution in [2.24, 2.45) is 0 Å². The van der Waals surface area contributed by atoms with Gasteiger partial charge < -0.3 is 5.73 Å². The zero-order valence-corrected chi connectivity index (χ0v) is 7.60. The third-order valence-electron chi connectivity index (χ3n) is 1.84. The standard InChI is InChI=1S/C8H11N5/c1-5(2)13-7-6(4-11-13)3-10-8(9)12-7/h3-5H,1-2H3,(H2,9,10,12). The number of fused-ring (bicyclic) bond motifs is 1. The maximum absolute atomic E-state index is 5.49. The quantitative estimate of drug-likeness (QED) is 0.705. The number of rotatable bonds is 1. The second-order valence-corrected chi connectivity index (χ2v) is 3.19.